The molecule has 1 N–H and O–H groups in total. The number of hydrogen-bond donors (Lipinski definition) is 1. The topological polar surface area (TPSA) is 87.7 Å². The normalized spacial score (nSPS) is 14.0. The summed E-state index contributed by atoms with van der Waals surface area (Å²) in [7, 11) is 0. The number of rotatable bonds is 5. The number of Topliss-reactive ketones (excluding diaryl/α,β-unsaturated/α-hetero) is 1. The lowest BCUT2D eigenvalue weighted by Crippen LogP contribution is -2.50. The summed E-state index contributed by atoms with van der Waals surface area (Å²) < 4.78 is 5.57. The first-order valence-electron chi connectivity index (χ1n) is 8.94. The molecule has 142 valence electrons. The van der Waals surface area contributed by atoms with Gasteiger partial charge in [0.15, 0.2) is 5.78 Å². The van der Waals surface area contributed by atoms with Gasteiger partial charge in [0.1, 0.15) is 5.75 Å². The number of amides is 2. The maximum atomic E-state index is 12.7. The highest BCUT2D eigenvalue weighted by Crippen LogP contribution is 2.26. The van der Waals surface area contributed by atoms with E-state index in [1.54, 1.807) is 41.6 Å². The van der Waals surface area contributed by atoms with Crippen molar-refractivity contribution in [2.45, 2.75) is 13.8 Å². The number of ketones is 1. The number of carbonyl (C=O) groups is 2. The van der Waals surface area contributed by atoms with Gasteiger partial charge in [-0.1, -0.05) is 0 Å². The van der Waals surface area contributed by atoms with Gasteiger partial charge in [-0.25, -0.2) is 14.8 Å². The number of nitrogens with one attached hydrogen (secondary N) is 1. The summed E-state index contributed by atoms with van der Waals surface area (Å²) in [5, 5.41) is 2.87. The van der Waals surface area contributed by atoms with Gasteiger partial charge in [-0.3, -0.25) is 4.79 Å². The molecule has 8 heteroatoms. The van der Waals surface area contributed by atoms with Crippen molar-refractivity contribution in [3.05, 3.63) is 42.2 Å². The molecule has 27 heavy (non-hydrogen) atoms. The largest absolute Gasteiger partial charge is 0.492 e. The van der Waals surface area contributed by atoms with Crippen molar-refractivity contribution in [2.75, 3.05) is 43.0 Å². The Kier molecular flexibility index (Phi) is 5.85. The summed E-state index contributed by atoms with van der Waals surface area (Å²) in [6.45, 7) is 6.26. The van der Waals surface area contributed by atoms with Crippen LogP contribution in [-0.4, -0.2) is 59.5 Å². The molecule has 0 radical (unpaired) electrons. The molecule has 8 nitrogen and oxygen atoms in total. The van der Waals surface area contributed by atoms with Crippen molar-refractivity contribution in [3.63, 3.8) is 0 Å². The summed E-state index contributed by atoms with van der Waals surface area (Å²) in [4.78, 5) is 36.6. The second-order valence-corrected chi connectivity index (χ2v) is 6.15. The molecule has 2 amide bonds. The van der Waals surface area contributed by atoms with E-state index >= 15 is 0 Å². The quantitative estimate of drug-likeness (QED) is 0.815. The lowest BCUT2D eigenvalue weighted by Gasteiger charge is -2.34. The number of carbonyl (C=O) groups excluding carboxylic acids is 2. The van der Waals surface area contributed by atoms with Crippen molar-refractivity contribution in [3.8, 4) is 5.75 Å². The van der Waals surface area contributed by atoms with Gasteiger partial charge in [-0.15, -0.1) is 0 Å². The van der Waals surface area contributed by atoms with Crippen LogP contribution < -0.4 is 15.0 Å². The van der Waals surface area contributed by atoms with Crippen LogP contribution in [0, 0.1) is 0 Å². The van der Waals surface area contributed by atoms with Crippen LogP contribution in [0.3, 0.4) is 0 Å². The highest BCUT2D eigenvalue weighted by molar-refractivity contribution is 5.98. The molecule has 1 fully saturated rings. The Morgan fingerprint density at radius 3 is 2.48 bits per heavy atom. The monoisotopic (exact) mass is 369 g/mol. The first kappa shape index (κ1) is 18.6. The molecule has 1 saturated heterocycles. The predicted octanol–water partition coefficient (Wildman–Crippen LogP) is 2.43. The van der Waals surface area contributed by atoms with Crippen LogP contribution >= 0.6 is 0 Å². The third-order valence-corrected chi connectivity index (χ3v) is 4.33. The van der Waals surface area contributed by atoms with Crippen LogP contribution in [0.15, 0.2) is 36.7 Å². The van der Waals surface area contributed by atoms with Crippen LogP contribution in [-0.2, 0) is 0 Å². The molecule has 0 atom stereocenters. The molecule has 1 aliphatic heterocycles. The zero-order valence-corrected chi connectivity index (χ0v) is 15.5. The van der Waals surface area contributed by atoms with Crippen LogP contribution in [0.25, 0.3) is 0 Å². The average molecular weight is 369 g/mol. The third kappa shape index (κ3) is 4.52. The molecule has 3 rings (SSSR count). The van der Waals surface area contributed by atoms with Crippen molar-refractivity contribution in [1.29, 1.82) is 0 Å². The number of ether oxygens (including phenoxy) is 1. The Balaban J connectivity index is 1.65. The van der Waals surface area contributed by atoms with E-state index in [0.717, 1.165) is 0 Å². The summed E-state index contributed by atoms with van der Waals surface area (Å²) in [6.07, 6.45) is 3.41. The van der Waals surface area contributed by atoms with Gasteiger partial charge >= 0.3 is 6.03 Å². The van der Waals surface area contributed by atoms with E-state index in [9.17, 15) is 9.59 Å². The summed E-state index contributed by atoms with van der Waals surface area (Å²) in [6, 6.07) is 6.62. The minimum atomic E-state index is -0.217. The minimum absolute atomic E-state index is 0.0648. The molecule has 2 heterocycles. The van der Waals surface area contributed by atoms with Crippen LogP contribution in [0.5, 0.6) is 5.75 Å². The van der Waals surface area contributed by atoms with Gasteiger partial charge in [0.25, 0.3) is 0 Å². The number of nitrogens with zero attached hydrogens (tertiary/aromatic N) is 4. The SMILES string of the molecule is CCOc1ccc(C(C)=O)cc1NC(=O)N1CCN(c2ncccn2)CC1. The number of benzene rings is 1. The van der Waals surface area contributed by atoms with Crippen molar-refractivity contribution in [1.82, 2.24) is 14.9 Å². The maximum Gasteiger partial charge on any atom is 0.322 e. The fraction of sp³-hybridized carbons (Fsp3) is 0.368. The van der Waals surface area contributed by atoms with Crippen LogP contribution in [0.2, 0.25) is 0 Å². The standard InChI is InChI=1S/C19H23N5O3/c1-3-27-17-6-5-15(14(2)25)13-16(17)22-19(26)24-11-9-23(10-12-24)18-20-7-4-8-21-18/h4-8,13H,3,9-12H2,1-2H3,(H,22,26). The Morgan fingerprint density at radius 1 is 1.15 bits per heavy atom. The molecule has 1 aromatic heterocycles. The summed E-state index contributed by atoms with van der Waals surface area (Å²) in [5.41, 5.74) is 1.03. The van der Waals surface area contributed by atoms with E-state index in [0.29, 0.717) is 55.7 Å². The average Bonchev–Trinajstić information content (AvgIpc) is 2.70. The smallest absolute Gasteiger partial charge is 0.322 e. The first-order valence-corrected chi connectivity index (χ1v) is 8.94. The van der Waals surface area contributed by atoms with Crippen LogP contribution in [0.4, 0.5) is 16.4 Å². The van der Waals surface area contributed by atoms with Gasteiger partial charge in [-0.05, 0) is 38.1 Å². The number of aromatic nitrogens is 2. The van der Waals surface area contributed by atoms with E-state index in [4.69, 9.17) is 4.74 Å². The van der Waals surface area contributed by atoms with E-state index in [1.165, 1.54) is 6.92 Å². The van der Waals surface area contributed by atoms with E-state index < -0.39 is 0 Å². The molecular formula is C19H23N5O3. The Hall–Kier alpha value is -3.16. The molecule has 0 aliphatic carbocycles. The zero-order valence-electron chi connectivity index (χ0n) is 15.5. The second kappa shape index (κ2) is 8.48. The number of anilines is 2. The van der Waals surface area contributed by atoms with E-state index in [1.807, 2.05) is 11.8 Å². The number of urea groups is 1. The lowest BCUT2D eigenvalue weighted by molar-refractivity contribution is 0.101. The molecule has 0 bridgehead atoms. The number of piperazine rings is 1. The molecule has 0 spiro atoms. The minimum Gasteiger partial charge on any atom is -0.492 e. The zero-order chi connectivity index (χ0) is 19.2. The van der Waals surface area contributed by atoms with Crippen molar-refractivity contribution < 1.29 is 14.3 Å². The Bertz CT molecular complexity index is 804. The fourth-order valence-corrected chi connectivity index (χ4v) is 2.89. The summed E-state index contributed by atoms with van der Waals surface area (Å²) in [5.74, 6) is 1.16. The molecule has 1 aromatic carbocycles. The highest BCUT2D eigenvalue weighted by atomic mass is 16.5. The Labute approximate surface area is 158 Å². The highest BCUT2D eigenvalue weighted by Gasteiger charge is 2.23. The molecule has 2 aromatic rings. The third-order valence-electron chi connectivity index (χ3n) is 4.33. The summed E-state index contributed by atoms with van der Waals surface area (Å²) >= 11 is 0. The molecule has 0 saturated carbocycles. The van der Waals surface area contributed by atoms with Crippen molar-refractivity contribution >= 4 is 23.5 Å². The fourth-order valence-electron chi connectivity index (χ4n) is 2.89. The predicted molar refractivity (Wildman–Crippen MR) is 102 cm³/mol. The second-order valence-electron chi connectivity index (χ2n) is 6.15. The van der Waals surface area contributed by atoms with E-state index in [2.05, 4.69) is 15.3 Å². The van der Waals surface area contributed by atoms with E-state index in [-0.39, 0.29) is 11.8 Å². The number of hydrogen-bond acceptors (Lipinski definition) is 6. The molecule has 1 aliphatic rings. The van der Waals surface area contributed by atoms with Gasteiger partial charge in [0, 0.05) is 44.1 Å². The molecular weight excluding hydrogens is 346 g/mol. The van der Waals surface area contributed by atoms with Gasteiger partial charge < -0.3 is 19.9 Å². The van der Waals surface area contributed by atoms with Gasteiger partial charge in [0.05, 0.1) is 12.3 Å². The van der Waals surface area contributed by atoms with Crippen LogP contribution in [0.1, 0.15) is 24.2 Å². The van der Waals surface area contributed by atoms with Gasteiger partial charge in [-0.2, -0.15) is 0 Å². The van der Waals surface area contributed by atoms with Gasteiger partial charge in [0.2, 0.25) is 5.95 Å². The Morgan fingerprint density at radius 2 is 1.85 bits per heavy atom. The van der Waals surface area contributed by atoms with Crippen molar-refractivity contribution in [2.24, 2.45) is 0 Å². The maximum absolute atomic E-state index is 12.7. The first-order chi connectivity index (χ1) is 13.1. The lowest BCUT2D eigenvalue weighted by atomic mass is 10.1. The molecule has 0 unspecified atom stereocenters.